The number of hydrogen-bond acceptors (Lipinski definition) is 2. The van der Waals surface area contributed by atoms with Crippen LogP contribution in [-0.2, 0) is 35.7 Å². The summed E-state index contributed by atoms with van der Waals surface area (Å²) in [7, 11) is 1.87. The van der Waals surface area contributed by atoms with Gasteiger partial charge in [0.05, 0.1) is 0 Å². The molecule has 108 valence electrons. The summed E-state index contributed by atoms with van der Waals surface area (Å²) in [4.78, 5) is 14.5. The summed E-state index contributed by atoms with van der Waals surface area (Å²) in [6.45, 7) is 0.718. The fraction of sp³-hybridized carbons (Fsp3) is 0.235. The molecule has 1 saturated heterocycles. The van der Waals surface area contributed by atoms with Gasteiger partial charge in [0.1, 0.15) is 0 Å². The van der Waals surface area contributed by atoms with Crippen LogP contribution in [0.15, 0.2) is 36.4 Å². The zero-order valence-electron chi connectivity index (χ0n) is 12.0. The second-order valence-electron chi connectivity index (χ2n) is 5.88. The molecule has 1 fully saturated rings. The Bertz CT molecular complexity index is 792. The number of amides is 1. The van der Waals surface area contributed by atoms with Gasteiger partial charge in [0.25, 0.3) is 0 Å². The van der Waals surface area contributed by atoms with Crippen molar-refractivity contribution in [3.63, 3.8) is 0 Å². The summed E-state index contributed by atoms with van der Waals surface area (Å²) in [5, 5.41) is 0.637. The number of rotatable bonds is 0. The molecule has 0 N–H and O–H groups in total. The van der Waals surface area contributed by atoms with Crippen molar-refractivity contribution in [1.29, 1.82) is 0 Å². The predicted octanol–water partition coefficient (Wildman–Crippen LogP) is 2.96. The van der Waals surface area contributed by atoms with Crippen molar-refractivity contribution in [1.82, 2.24) is 4.90 Å². The van der Waals surface area contributed by atoms with Gasteiger partial charge in [0.2, 0.25) is 0 Å². The second-order valence-corrected chi connectivity index (χ2v) is 7.96. The van der Waals surface area contributed by atoms with Gasteiger partial charge < -0.3 is 0 Å². The van der Waals surface area contributed by atoms with Crippen LogP contribution in [0.2, 0.25) is 5.02 Å². The second kappa shape index (κ2) is 5.33. The predicted molar refractivity (Wildman–Crippen MR) is 80.7 cm³/mol. The van der Waals surface area contributed by atoms with E-state index in [2.05, 4.69) is 12.1 Å². The van der Waals surface area contributed by atoms with Gasteiger partial charge >= 0.3 is 155 Å². The quantitative estimate of drug-likeness (QED) is 0.695. The Balaban J connectivity index is 1.98. The maximum absolute atomic E-state index is 12.7. The molecule has 2 atom stereocenters. The van der Waals surface area contributed by atoms with Crippen LogP contribution in [0.3, 0.4) is 0 Å². The average Bonchev–Trinajstić information content (AvgIpc) is 2.71. The monoisotopic (exact) mass is 387 g/mol. The standard InChI is InChI=1S/C17H13ClNO2.Y/c1-19-9-13-11-4-2-3-5-14(11)21-15-7-6-10(18)8-12(15)16(13)17(19)20;/h3-8,13,16H,9H2,1H3;/t13-,16-;/m1./s1. The molecule has 2 aliphatic heterocycles. The Kier molecular flexibility index (Phi) is 3.56. The van der Waals surface area contributed by atoms with Crippen LogP contribution in [0.1, 0.15) is 23.0 Å². The first-order valence-corrected chi connectivity index (χ1v) is 8.96. The van der Waals surface area contributed by atoms with E-state index in [1.807, 2.05) is 36.2 Å². The molecule has 5 heteroatoms. The van der Waals surface area contributed by atoms with E-state index in [9.17, 15) is 4.79 Å². The van der Waals surface area contributed by atoms with E-state index in [4.69, 9.17) is 16.3 Å². The van der Waals surface area contributed by atoms with Gasteiger partial charge in [-0.3, -0.25) is 0 Å². The van der Waals surface area contributed by atoms with E-state index in [0.717, 1.165) is 60.1 Å². The van der Waals surface area contributed by atoms with E-state index in [-0.39, 0.29) is 17.7 Å². The molecule has 0 bridgehead atoms. The number of hydrogen-bond donors (Lipinski definition) is 0. The molecule has 0 radical (unpaired) electrons. The molecule has 2 heterocycles. The van der Waals surface area contributed by atoms with Gasteiger partial charge in [-0.1, -0.05) is 0 Å². The minimum atomic E-state index is -0.206. The van der Waals surface area contributed by atoms with E-state index >= 15 is 0 Å². The molecule has 0 spiro atoms. The summed E-state index contributed by atoms with van der Waals surface area (Å²) >= 11 is 7.22. The van der Waals surface area contributed by atoms with Gasteiger partial charge in [-0.05, 0) is 0 Å². The van der Waals surface area contributed by atoms with Crippen LogP contribution in [-0.4, -0.2) is 24.4 Å². The molecule has 0 unspecified atom stereocenters. The molecule has 3 nitrogen and oxygen atoms in total. The number of likely N-dealkylation sites (tertiary alicyclic amines) is 1. The van der Waals surface area contributed by atoms with Gasteiger partial charge in [0.15, 0.2) is 0 Å². The van der Waals surface area contributed by atoms with Crippen molar-refractivity contribution in [3.05, 3.63) is 52.5 Å². The summed E-state index contributed by atoms with van der Waals surface area (Å²) in [6.07, 6.45) is 0. The summed E-state index contributed by atoms with van der Waals surface area (Å²) in [5.41, 5.74) is 2.04. The molecular weight excluding hydrogens is 375 g/mol. The number of nitrogens with zero attached hydrogens (tertiary/aromatic N) is 1. The van der Waals surface area contributed by atoms with Gasteiger partial charge in [0, 0.05) is 0 Å². The third-order valence-electron chi connectivity index (χ3n) is 4.48. The maximum atomic E-state index is 12.7. The number of fused-ring (bicyclic) bond motifs is 5. The molecule has 0 aromatic heterocycles. The van der Waals surface area contributed by atoms with Gasteiger partial charge in [-0.2, -0.15) is 0 Å². The van der Waals surface area contributed by atoms with Gasteiger partial charge in [-0.25, -0.2) is 0 Å². The molecule has 0 saturated carbocycles. The molecule has 1 amide bonds. The van der Waals surface area contributed by atoms with E-state index in [1.54, 1.807) is 0 Å². The Hall–Kier alpha value is -0.896. The van der Waals surface area contributed by atoms with Crippen LogP contribution >= 0.6 is 11.6 Å². The first-order chi connectivity index (χ1) is 10.5. The third kappa shape index (κ3) is 2.22. The fourth-order valence-electron chi connectivity index (χ4n) is 3.45. The normalized spacial score (nSPS) is 22.4. The average molecular weight is 388 g/mol. The van der Waals surface area contributed by atoms with Crippen LogP contribution in [0, 0.1) is 0 Å². The fourth-order valence-corrected chi connectivity index (χ4v) is 4.31. The van der Waals surface area contributed by atoms with Crippen molar-refractivity contribution < 1.29 is 40.5 Å². The molecule has 2 aliphatic rings. The van der Waals surface area contributed by atoms with Crippen molar-refractivity contribution >= 4 is 19.9 Å². The Morgan fingerprint density at radius 1 is 1.18 bits per heavy atom. The summed E-state index contributed by atoms with van der Waals surface area (Å²) < 4.78 is 7.42. The van der Waals surface area contributed by atoms with E-state index in [0.29, 0.717) is 5.02 Å². The van der Waals surface area contributed by atoms with Crippen LogP contribution < -0.4 is 7.11 Å². The van der Waals surface area contributed by atoms with Crippen LogP contribution in [0.4, 0.5) is 0 Å². The third-order valence-corrected chi connectivity index (χ3v) is 5.59. The van der Waals surface area contributed by atoms with Crippen LogP contribution in [0.25, 0.3) is 0 Å². The van der Waals surface area contributed by atoms with Crippen molar-refractivity contribution in [2.24, 2.45) is 0 Å². The number of carbonyl (C=O) groups is 1. The summed E-state index contributed by atoms with van der Waals surface area (Å²) in [5.74, 6) is 1.66. The van der Waals surface area contributed by atoms with Crippen molar-refractivity contribution in [2.45, 2.75) is 11.8 Å². The van der Waals surface area contributed by atoms with E-state index < -0.39 is 0 Å². The Labute approximate surface area is 154 Å². The number of halogens is 1. The molecule has 4 rings (SSSR count). The zero-order valence-corrected chi connectivity index (χ0v) is 15.6. The van der Waals surface area contributed by atoms with Crippen molar-refractivity contribution in [3.8, 4) is 11.5 Å². The first-order valence-electron chi connectivity index (χ1n) is 7.16. The van der Waals surface area contributed by atoms with Gasteiger partial charge in [-0.15, -0.1) is 0 Å². The molecule has 22 heavy (non-hydrogen) atoms. The molecule has 2 aromatic carbocycles. The Morgan fingerprint density at radius 2 is 1.91 bits per heavy atom. The van der Waals surface area contributed by atoms with E-state index in [1.165, 1.54) is 2.37 Å². The number of benzene rings is 2. The Morgan fingerprint density at radius 3 is 2.73 bits per heavy atom. The number of ether oxygens (including phenoxy) is 1. The zero-order chi connectivity index (χ0) is 15.4. The molecule has 0 aliphatic carbocycles. The number of likely N-dealkylation sites (N-methyl/N-ethyl adjacent to an activating group) is 1. The SMILES string of the molecule is CN1C[C@@H]2c3c[c]([Y])ccc3Oc3ccc(Cl)cc3[C@H]2C1=O. The summed E-state index contributed by atoms with van der Waals surface area (Å²) in [6, 6.07) is 11.9. The topological polar surface area (TPSA) is 29.5 Å². The number of carbonyl (C=O) groups excluding carboxylic acids is 1. The minimum absolute atomic E-state index is 0.125. The molecular formula is C17H13ClNO2Y. The molecule has 2 aromatic rings. The first kappa shape index (κ1) is 14.7. The van der Waals surface area contributed by atoms with Crippen molar-refractivity contribution in [2.75, 3.05) is 13.6 Å². The van der Waals surface area contributed by atoms with Crippen LogP contribution in [0.5, 0.6) is 11.5 Å².